The summed E-state index contributed by atoms with van der Waals surface area (Å²) in [6.45, 7) is 7.71. The summed E-state index contributed by atoms with van der Waals surface area (Å²) in [6.07, 6.45) is 1.05. The minimum Gasteiger partial charge on any atom is -0.421 e. The molecular formula is C11H19N3O2. The lowest BCUT2D eigenvalue weighted by atomic mass is 10.0. The van der Waals surface area contributed by atoms with Crippen molar-refractivity contribution in [2.75, 3.05) is 6.61 Å². The molecule has 1 aliphatic heterocycles. The highest BCUT2D eigenvalue weighted by atomic mass is 16.5. The van der Waals surface area contributed by atoms with E-state index in [4.69, 9.17) is 9.15 Å². The molecule has 2 rings (SSSR count). The molecule has 1 N–H and O–H groups in total. The molecule has 1 aromatic rings. The fraction of sp³-hybridized carbons (Fsp3) is 0.818. The third kappa shape index (κ3) is 2.59. The van der Waals surface area contributed by atoms with Crippen molar-refractivity contribution < 1.29 is 9.15 Å². The van der Waals surface area contributed by atoms with Gasteiger partial charge in [0.15, 0.2) is 0 Å². The molecule has 1 aliphatic rings. The lowest BCUT2D eigenvalue weighted by Gasteiger charge is -2.08. The highest BCUT2D eigenvalue weighted by Gasteiger charge is 2.30. The van der Waals surface area contributed by atoms with Gasteiger partial charge < -0.3 is 14.5 Å². The van der Waals surface area contributed by atoms with E-state index in [9.17, 15) is 0 Å². The lowest BCUT2D eigenvalue weighted by molar-refractivity contribution is 0.0703. The Morgan fingerprint density at radius 2 is 2.25 bits per heavy atom. The van der Waals surface area contributed by atoms with E-state index >= 15 is 0 Å². The summed E-state index contributed by atoms with van der Waals surface area (Å²) in [7, 11) is 0. The quantitative estimate of drug-likeness (QED) is 0.844. The minimum absolute atomic E-state index is 0.0136. The monoisotopic (exact) mass is 225 g/mol. The van der Waals surface area contributed by atoms with Crippen LogP contribution in [-0.4, -0.2) is 22.8 Å². The van der Waals surface area contributed by atoms with Crippen molar-refractivity contribution in [3.8, 4) is 0 Å². The molecule has 0 bridgehead atoms. The highest BCUT2D eigenvalue weighted by molar-refractivity contribution is 4.91. The maximum absolute atomic E-state index is 5.58. The van der Waals surface area contributed by atoms with E-state index in [1.54, 1.807) is 0 Å². The van der Waals surface area contributed by atoms with Crippen LogP contribution >= 0.6 is 0 Å². The van der Waals surface area contributed by atoms with Crippen molar-refractivity contribution in [1.29, 1.82) is 0 Å². The SMILES string of the molecule is CC(C)NCc1nnc(C2OCCC2C)o1. The molecule has 0 radical (unpaired) electrons. The fourth-order valence-corrected chi connectivity index (χ4v) is 1.76. The van der Waals surface area contributed by atoms with Crippen molar-refractivity contribution in [1.82, 2.24) is 15.5 Å². The Morgan fingerprint density at radius 1 is 1.44 bits per heavy atom. The number of rotatable bonds is 4. The van der Waals surface area contributed by atoms with Gasteiger partial charge in [0.1, 0.15) is 6.10 Å². The number of nitrogens with one attached hydrogen (secondary N) is 1. The van der Waals surface area contributed by atoms with Crippen LogP contribution in [0.2, 0.25) is 0 Å². The number of hydrogen-bond acceptors (Lipinski definition) is 5. The molecule has 5 heteroatoms. The second kappa shape index (κ2) is 4.93. The Labute approximate surface area is 95.6 Å². The van der Waals surface area contributed by atoms with Crippen LogP contribution < -0.4 is 5.32 Å². The second-order valence-corrected chi connectivity index (χ2v) is 4.63. The summed E-state index contributed by atoms with van der Waals surface area (Å²) in [4.78, 5) is 0. The van der Waals surface area contributed by atoms with Crippen molar-refractivity contribution in [2.24, 2.45) is 5.92 Å². The molecule has 1 aromatic heterocycles. The number of ether oxygens (including phenoxy) is 1. The van der Waals surface area contributed by atoms with Gasteiger partial charge in [0, 0.05) is 12.6 Å². The Kier molecular flexibility index (Phi) is 3.56. The van der Waals surface area contributed by atoms with E-state index in [0.29, 0.717) is 30.3 Å². The summed E-state index contributed by atoms with van der Waals surface area (Å²) in [6, 6.07) is 0.414. The van der Waals surface area contributed by atoms with Crippen LogP contribution in [0.1, 0.15) is 45.1 Å². The van der Waals surface area contributed by atoms with Crippen molar-refractivity contribution in [2.45, 2.75) is 45.9 Å². The first-order chi connectivity index (χ1) is 7.66. The molecule has 0 spiro atoms. The fourth-order valence-electron chi connectivity index (χ4n) is 1.76. The second-order valence-electron chi connectivity index (χ2n) is 4.63. The molecule has 16 heavy (non-hydrogen) atoms. The van der Waals surface area contributed by atoms with Gasteiger partial charge >= 0.3 is 0 Å². The maximum atomic E-state index is 5.58. The first-order valence-corrected chi connectivity index (χ1v) is 5.84. The predicted molar refractivity (Wildman–Crippen MR) is 58.7 cm³/mol. The van der Waals surface area contributed by atoms with E-state index in [1.165, 1.54) is 0 Å². The smallest absolute Gasteiger partial charge is 0.245 e. The largest absolute Gasteiger partial charge is 0.421 e. The Balaban J connectivity index is 1.96. The first-order valence-electron chi connectivity index (χ1n) is 5.84. The van der Waals surface area contributed by atoms with Gasteiger partial charge in [-0.2, -0.15) is 0 Å². The molecule has 2 heterocycles. The zero-order chi connectivity index (χ0) is 11.5. The minimum atomic E-state index is -0.0136. The van der Waals surface area contributed by atoms with Gasteiger partial charge in [0.25, 0.3) is 0 Å². The van der Waals surface area contributed by atoms with E-state index in [2.05, 4.69) is 36.3 Å². The molecule has 5 nitrogen and oxygen atoms in total. The molecule has 0 saturated carbocycles. The van der Waals surface area contributed by atoms with Gasteiger partial charge in [-0.25, -0.2) is 0 Å². The maximum Gasteiger partial charge on any atom is 0.245 e. The summed E-state index contributed by atoms with van der Waals surface area (Å²) in [5.41, 5.74) is 0. The molecule has 1 saturated heterocycles. The Hall–Kier alpha value is -0.940. The van der Waals surface area contributed by atoms with Crippen LogP contribution in [0, 0.1) is 5.92 Å². The summed E-state index contributed by atoms with van der Waals surface area (Å²) in [5, 5.41) is 11.3. The Morgan fingerprint density at radius 3 is 2.88 bits per heavy atom. The van der Waals surface area contributed by atoms with E-state index < -0.39 is 0 Å². The number of aromatic nitrogens is 2. The average molecular weight is 225 g/mol. The standard InChI is InChI=1S/C11H19N3O2/c1-7(2)12-6-9-13-14-11(16-9)10-8(3)4-5-15-10/h7-8,10,12H,4-6H2,1-3H3. The zero-order valence-electron chi connectivity index (χ0n) is 10.1. The van der Waals surface area contributed by atoms with Gasteiger partial charge in [-0.3, -0.25) is 0 Å². The zero-order valence-corrected chi connectivity index (χ0v) is 10.1. The van der Waals surface area contributed by atoms with Crippen LogP contribution in [0.5, 0.6) is 0 Å². The molecule has 1 fully saturated rings. The molecule has 0 aromatic carbocycles. The van der Waals surface area contributed by atoms with Crippen LogP contribution in [0.4, 0.5) is 0 Å². The van der Waals surface area contributed by atoms with Gasteiger partial charge in [-0.05, 0) is 12.3 Å². The average Bonchev–Trinajstić information content (AvgIpc) is 2.83. The first kappa shape index (κ1) is 11.5. The Bertz CT molecular complexity index is 338. The van der Waals surface area contributed by atoms with Gasteiger partial charge in [-0.1, -0.05) is 20.8 Å². The molecule has 90 valence electrons. The topological polar surface area (TPSA) is 60.2 Å². The van der Waals surface area contributed by atoms with E-state index in [1.807, 2.05) is 0 Å². The molecule has 2 atom stereocenters. The van der Waals surface area contributed by atoms with Crippen LogP contribution in [0.3, 0.4) is 0 Å². The van der Waals surface area contributed by atoms with Gasteiger partial charge in [0.05, 0.1) is 6.54 Å². The predicted octanol–water partition coefficient (Wildman–Crippen LogP) is 1.67. The van der Waals surface area contributed by atoms with Crippen LogP contribution in [0.25, 0.3) is 0 Å². The van der Waals surface area contributed by atoms with Crippen molar-refractivity contribution in [3.05, 3.63) is 11.8 Å². The summed E-state index contributed by atoms with van der Waals surface area (Å²) < 4.78 is 11.2. The number of hydrogen-bond donors (Lipinski definition) is 1. The molecule has 0 aliphatic carbocycles. The van der Waals surface area contributed by atoms with Crippen LogP contribution in [-0.2, 0) is 11.3 Å². The van der Waals surface area contributed by atoms with Crippen molar-refractivity contribution >= 4 is 0 Å². The highest BCUT2D eigenvalue weighted by Crippen LogP contribution is 2.32. The summed E-state index contributed by atoms with van der Waals surface area (Å²) in [5.74, 6) is 1.71. The third-order valence-electron chi connectivity index (χ3n) is 2.77. The van der Waals surface area contributed by atoms with Gasteiger partial charge in [-0.15, -0.1) is 10.2 Å². The van der Waals surface area contributed by atoms with Crippen molar-refractivity contribution in [3.63, 3.8) is 0 Å². The lowest BCUT2D eigenvalue weighted by Crippen LogP contribution is -2.21. The normalized spacial score (nSPS) is 25.5. The van der Waals surface area contributed by atoms with Crippen LogP contribution in [0.15, 0.2) is 4.42 Å². The van der Waals surface area contributed by atoms with E-state index in [-0.39, 0.29) is 6.10 Å². The molecular weight excluding hydrogens is 206 g/mol. The van der Waals surface area contributed by atoms with Gasteiger partial charge in [0.2, 0.25) is 11.8 Å². The summed E-state index contributed by atoms with van der Waals surface area (Å²) >= 11 is 0. The molecule has 2 unspecified atom stereocenters. The molecule has 0 amide bonds. The van der Waals surface area contributed by atoms with E-state index in [0.717, 1.165) is 13.0 Å². The third-order valence-corrected chi connectivity index (χ3v) is 2.77. The number of nitrogens with zero attached hydrogens (tertiary/aromatic N) is 2.